The Morgan fingerprint density at radius 3 is 2.88 bits per heavy atom. The number of aromatic nitrogens is 4. The fraction of sp³-hybridized carbons (Fsp3) is 0.389. The zero-order valence-corrected chi connectivity index (χ0v) is 14.4. The molecule has 0 unspecified atom stereocenters. The standard InChI is InChI=1S/C18H21N5O2/c1-13-5-7-19-18(21-13)25-17-11-22(10-16-4-3-14(2)24-16)9-15-6-8-20-23(15)12-17/h3-8,17H,9-12H2,1-2H3/t17-/m1/s1. The van der Waals surface area contributed by atoms with Gasteiger partial charge in [0.15, 0.2) is 0 Å². The first-order chi connectivity index (χ1) is 12.2. The first-order valence-corrected chi connectivity index (χ1v) is 8.40. The van der Waals surface area contributed by atoms with Crippen LogP contribution in [-0.2, 0) is 19.6 Å². The van der Waals surface area contributed by atoms with Gasteiger partial charge in [-0.1, -0.05) is 0 Å². The number of nitrogens with zero attached hydrogens (tertiary/aromatic N) is 5. The van der Waals surface area contributed by atoms with E-state index in [0.29, 0.717) is 12.6 Å². The van der Waals surface area contributed by atoms with Crippen LogP contribution in [0.15, 0.2) is 41.1 Å². The molecule has 0 fully saturated rings. The molecule has 0 aromatic carbocycles. The Hall–Kier alpha value is -2.67. The number of furan rings is 1. The van der Waals surface area contributed by atoms with Gasteiger partial charge in [-0.3, -0.25) is 9.58 Å². The molecule has 0 saturated carbocycles. The molecule has 4 rings (SSSR count). The highest BCUT2D eigenvalue weighted by Gasteiger charge is 2.25. The summed E-state index contributed by atoms with van der Waals surface area (Å²) < 4.78 is 13.8. The molecule has 0 spiro atoms. The third kappa shape index (κ3) is 3.71. The van der Waals surface area contributed by atoms with Crippen molar-refractivity contribution in [1.29, 1.82) is 0 Å². The third-order valence-electron chi connectivity index (χ3n) is 4.25. The lowest BCUT2D eigenvalue weighted by Crippen LogP contribution is -2.35. The predicted octanol–water partition coefficient (Wildman–Crippen LogP) is 2.35. The molecule has 7 heteroatoms. The largest absolute Gasteiger partial charge is 0.465 e. The van der Waals surface area contributed by atoms with Crippen LogP contribution in [0, 0.1) is 13.8 Å². The van der Waals surface area contributed by atoms with Crippen LogP contribution in [0.2, 0.25) is 0 Å². The predicted molar refractivity (Wildman–Crippen MR) is 91.0 cm³/mol. The number of aryl methyl sites for hydroxylation is 2. The van der Waals surface area contributed by atoms with Crippen molar-refractivity contribution in [3.63, 3.8) is 0 Å². The van der Waals surface area contributed by atoms with Crippen molar-refractivity contribution < 1.29 is 9.15 Å². The van der Waals surface area contributed by atoms with Gasteiger partial charge < -0.3 is 9.15 Å². The second-order valence-corrected chi connectivity index (χ2v) is 6.41. The minimum absolute atomic E-state index is 0.0843. The maximum Gasteiger partial charge on any atom is 0.316 e. The van der Waals surface area contributed by atoms with Crippen LogP contribution >= 0.6 is 0 Å². The summed E-state index contributed by atoms with van der Waals surface area (Å²) in [7, 11) is 0. The Kier molecular flexibility index (Phi) is 4.23. The summed E-state index contributed by atoms with van der Waals surface area (Å²) in [5.74, 6) is 1.88. The van der Waals surface area contributed by atoms with E-state index in [4.69, 9.17) is 9.15 Å². The Morgan fingerprint density at radius 1 is 1.16 bits per heavy atom. The second-order valence-electron chi connectivity index (χ2n) is 6.41. The molecule has 130 valence electrons. The summed E-state index contributed by atoms with van der Waals surface area (Å²) in [6.45, 7) is 6.84. The Morgan fingerprint density at radius 2 is 2.08 bits per heavy atom. The quantitative estimate of drug-likeness (QED) is 0.727. The van der Waals surface area contributed by atoms with Gasteiger partial charge in [0.2, 0.25) is 0 Å². The molecule has 3 aromatic rings. The smallest absolute Gasteiger partial charge is 0.316 e. The summed E-state index contributed by atoms with van der Waals surface area (Å²) in [6.07, 6.45) is 3.46. The minimum Gasteiger partial charge on any atom is -0.465 e. The maximum absolute atomic E-state index is 6.06. The van der Waals surface area contributed by atoms with E-state index in [2.05, 4.69) is 20.0 Å². The van der Waals surface area contributed by atoms with Crippen molar-refractivity contribution in [2.75, 3.05) is 6.54 Å². The van der Waals surface area contributed by atoms with E-state index in [0.717, 1.165) is 36.8 Å². The minimum atomic E-state index is -0.0843. The molecule has 0 radical (unpaired) electrons. The van der Waals surface area contributed by atoms with Crippen LogP contribution in [-0.4, -0.2) is 37.3 Å². The van der Waals surface area contributed by atoms with E-state index in [-0.39, 0.29) is 6.10 Å². The topological polar surface area (TPSA) is 69.2 Å². The molecule has 1 aliphatic rings. The molecule has 3 aromatic heterocycles. The zero-order valence-electron chi connectivity index (χ0n) is 14.4. The fourth-order valence-corrected chi connectivity index (χ4v) is 3.11. The number of ether oxygens (including phenoxy) is 1. The summed E-state index contributed by atoms with van der Waals surface area (Å²) in [5.41, 5.74) is 2.06. The van der Waals surface area contributed by atoms with Gasteiger partial charge in [-0.25, -0.2) is 9.97 Å². The summed E-state index contributed by atoms with van der Waals surface area (Å²) in [6, 6.07) is 8.33. The summed E-state index contributed by atoms with van der Waals surface area (Å²) in [5, 5.41) is 4.42. The molecule has 25 heavy (non-hydrogen) atoms. The lowest BCUT2D eigenvalue weighted by Gasteiger charge is -2.23. The normalized spacial score (nSPS) is 17.9. The molecule has 0 N–H and O–H groups in total. The lowest BCUT2D eigenvalue weighted by molar-refractivity contribution is 0.108. The molecule has 0 bridgehead atoms. The maximum atomic E-state index is 6.06. The van der Waals surface area contributed by atoms with Gasteiger partial charge in [0.05, 0.1) is 18.8 Å². The van der Waals surface area contributed by atoms with Crippen molar-refractivity contribution >= 4 is 0 Å². The van der Waals surface area contributed by atoms with Gasteiger partial charge >= 0.3 is 6.01 Å². The highest BCUT2D eigenvalue weighted by molar-refractivity contribution is 5.08. The van der Waals surface area contributed by atoms with E-state index in [1.54, 1.807) is 6.20 Å². The first kappa shape index (κ1) is 15.8. The van der Waals surface area contributed by atoms with Gasteiger partial charge in [-0.05, 0) is 38.1 Å². The summed E-state index contributed by atoms with van der Waals surface area (Å²) >= 11 is 0. The highest BCUT2D eigenvalue weighted by atomic mass is 16.5. The van der Waals surface area contributed by atoms with E-state index in [1.165, 1.54) is 5.69 Å². The average Bonchev–Trinajstić information content (AvgIpc) is 3.13. The van der Waals surface area contributed by atoms with Gasteiger partial charge in [0, 0.05) is 31.2 Å². The van der Waals surface area contributed by atoms with Crippen molar-refractivity contribution in [3.05, 3.63) is 59.6 Å². The highest BCUT2D eigenvalue weighted by Crippen LogP contribution is 2.18. The molecule has 4 heterocycles. The molecule has 0 aliphatic carbocycles. The third-order valence-corrected chi connectivity index (χ3v) is 4.25. The number of hydrogen-bond acceptors (Lipinski definition) is 6. The van der Waals surface area contributed by atoms with E-state index < -0.39 is 0 Å². The Labute approximate surface area is 146 Å². The van der Waals surface area contributed by atoms with Gasteiger partial charge in [-0.2, -0.15) is 5.10 Å². The van der Waals surface area contributed by atoms with Gasteiger partial charge in [0.1, 0.15) is 17.6 Å². The van der Waals surface area contributed by atoms with E-state index in [9.17, 15) is 0 Å². The number of rotatable bonds is 4. The molecule has 0 saturated heterocycles. The molecule has 1 atom stereocenters. The van der Waals surface area contributed by atoms with E-state index >= 15 is 0 Å². The first-order valence-electron chi connectivity index (χ1n) is 8.40. The van der Waals surface area contributed by atoms with Gasteiger partial charge in [-0.15, -0.1) is 0 Å². The van der Waals surface area contributed by atoms with Crippen LogP contribution in [0.4, 0.5) is 0 Å². The molecular formula is C18H21N5O2. The van der Waals surface area contributed by atoms with Crippen LogP contribution in [0.25, 0.3) is 0 Å². The number of fused-ring (bicyclic) bond motifs is 1. The fourth-order valence-electron chi connectivity index (χ4n) is 3.11. The summed E-state index contributed by atoms with van der Waals surface area (Å²) in [4.78, 5) is 10.9. The van der Waals surface area contributed by atoms with Crippen LogP contribution in [0.3, 0.4) is 0 Å². The zero-order chi connectivity index (χ0) is 17.2. The van der Waals surface area contributed by atoms with Crippen molar-refractivity contribution in [3.8, 4) is 6.01 Å². The second kappa shape index (κ2) is 6.68. The van der Waals surface area contributed by atoms with Crippen LogP contribution in [0.1, 0.15) is 22.9 Å². The van der Waals surface area contributed by atoms with Crippen molar-refractivity contribution in [2.24, 2.45) is 0 Å². The lowest BCUT2D eigenvalue weighted by atomic mass is 10.3. The molecular weight excluding hydrogens is 318 g/mol. The Balaban J connectivity index is 1.54. The molecule has 0 amide bonds. The van der Waals surface area contributed by atoms with Crippen molar-refractivity contribution in [1.82, 2.24) is 24.6 Å². The Bertz CT molecular complexity index is 857. The average molecular weight is 339 g/mol. The number of hydrogen-bond donors (Lipinski definition) is 0. The van der Waals surface area contributed by atoms with Crippen LogP contribution < -0.4 is 4.74 Å². The van der Waals surface area contributed by atoms with Gasteiger partial charge in [0.25, 0.3) is 0 Å². The van der Waals surface area contributed by atoms with Crippen LogP contribution in [0.5, 0.6) is 6.01 Å². The monoisotopic (exact) mass is 339 g/mol. The van der Waals surface area contributed by atoms with E-state index in [1.807, 2.05) is 49.0 Å². The SMILES string of the molecule is Cc1ccnc(O[C@@H]2CN(Cc3ccc(C)o3)Cc3ccnn3C2)n1. The van der Waals surface area contributed by atoms with Crippen molar-refractivity contribution in [2.45, 2.75) is 39.6 Å². The molecule has 1 aliphatic heterocycles. The molecule has 7 nitrogen and oxygen atoms in total.